The lowest BCUT2D eigenvalue weighted by Crippen LogP contribution is -2.06. The summed E-state index contributed by atoms with van der Waals surface area (Å²) < 4.78 is 0. The first-order chi connectivity index (χ1) is 8.83. The molecule has 0 heterocycles. The molecule has 0 spiro atoms. The highest BCUT2D eigenvalue weighted by atomic mass is 14.5. The van der Waals surface area contributed by atoms with Gasteiger partial charge in [-0.25, -0.2) is 0 Å². The van der Waals surface area contributed by atoms with Crippen molar-refractivity contribution < 1.29 is 0 Å². The fraction of sp³-hybridized carbons (Fsp3) is 0.647. The summed E-state index contributed by atoms with van der Waals surface area (Å²) in [6.07, 6.45) is 10.2. The van der Waals surface area contributed by atoms with E-state index in [2.05, 4.69) is 32.0 Å². The first-order valence-corrected chi connectivity index (χ1v) is 7.63. The second kappa shape index (κ2) is 9.16. The summed E-state index contributed by atoms with van der Waals surface area (Å²) in [4.78, 5) is 0. The Morgan fingerprint density at radius 1 is 0.833 bits per heavy atom. The fourth-order valence-electron chi connectivity index (χ4n) is 2.55. The summed E-state index contributed by atoms with van der Waals surface area (Å²) in [5, 5.41) is 0. The fourth-order valence-corrected chi connectivity index (χ4v) is 2.55. The molecule has 1 heteroatoms. The Bertz CT molecular complexity index is 302. The zero-order valence-corrected chi connectivity index (χ0v) is 12.2. The lowest BCUT2D eigenvalue weighted by molar-refractivity contribution is 0.700. The van der Waals surface area contributed by atoms with Gasteiger partial charge in [0.15, 0.2) is 0 Å². The Kier molecular flexibility index (Phi) is 7.75. The van der Waals surface area contributed by atoms with Crippen LogP contribution in [0.15, 0.2) is 18.2 Å². The maximum Gasteiger partial charge on any atom is 0.0183 e. The highest BCUT2D eigenvalue weighted by molar-refractivity contribution is 5.35. The first kappa shape index (κ1) is 15.2. The van der Waals surface area contributed by atoms with Gasteiger partial charge in [-0.3, -0.25) is 0 Å². The van der Waals surface area contributed by atoms with Crippen molar-refractivity contribution in [3.8, 4) is 0 Å². The van der Waals surface area contributed by atoms with Crippen LogP contribution in [0, 0.1) is 0 Å². The molecule has 0 radical (unpaired) electrons. The normalized spacial score (nSPS) is 10.8. The molecule has 0 unspecified atom stereocenters. The van der Waals surface area contributed by atoms with Crippen LogP contribution in [0.3, 0.4) is 0 Å². The van der Waals surface area contributed by atoms with E-state index in [0.717, 1.165) is 0 Å². The molecule has 0 aliphatic heterocycles. The number of rotatable bonds is 9. The lowest BCUT2D eigenvalue weighted by atomic mass is 9.94. The third-order valence-corrected chi connectivity index (χ3v) is 3.67. The Morgan fingerprint density at radius 3 is 1.72 bits per heavy atom. The number of hydrogen-bond acceptors (Lipinski definition) is 1. The maximum atomic E-state index is 5.96. The molecule has 102 valence electrons. The van der Waals surface area contributed by atoms with Crippen molar-refractivity contribution in [1.29, 1.82) is 0 Å². The number of benzene rings is 1. The number of nitrogens with two attached hydrogens (primary N) is 1. The highest BCUT2D eigenvalue weighted by Crippen LogP contribution is 2.19. The van der Waals surface area contributed by atoms with Crippen LogP contribution in [0.5, 0.6) is 0 Å². The molecule has 0 saturated heterocycles. The minimum Gasteiger partial charge on any atom is -0.326 e. The summed E-state index contributed by atoms with van der Waals surface area (Å²) in [6, 6.07) is 6.74. The number of hydrogen-bond donors (Lipinski definition) is 1. The van der Waals surface area contributed by atoms with E-state index >= 15 is 0 Å². The quantitative estimate of drug-likeness (QED) is 0.634. The van der Waals surface area contributed by atoms with Crippen molar-refractivity contribution in [2.24, 2.45) is 5.73 Å². The van der Waals surface area contributed by atoms with Gasteiger partial charge in [-0.15, -0.1) is 0 Å². The van der Waals surface area contributed by atoms with Gasteiger partial charge in [0.05, 0.1) is 0 Å². The van der Waals surface area contributed by atoms with E-state index in [1.165, 1.54) is 68.1 Å². The van der Waals surface area contributed by atoms with Crippen LogP contribution in [-0.2, 0) is 19.4 Å². The van der Waals surface area contributed by atoms with Crippen LogP contribution in [0.25, 0.3) is 0 Å². The number of aryl methyl sites for hydroxylation is 2. The maximum absolute atomic E-state index is 5.96. The SMILES string of the molecule is CCCCCc1cccc(CCCCC)c1CN. The lowest BCUT2D eigenvalue weighted by Gasteiger charge is -2.13. The molecule has 0 aromatic heterocycles. The van der Waals surface area contributed by atoms with E-state index in [1.54, 1.807) is 0 Å². The van der Waals surface area contributed by atoms with Crippen LogP contribution in [-0.4, -0.2) is 0 Å². The van der Waals surface area contributed by atoms with Gasteiger partial charge in [-0.05, 0) is 42.4 Å². The van der Waals surface area contributed by atoms with E-state index in [1.807, 2.05) is 0 Å². The topological polar surface area (TPSA) is 26.0 Å². The van der Waals surface area contributed by atoms with Crippen molar-refractivity contribution in [1.82, 2.24) is 0 Å². The molecule has 0 atom stereocenters. The van der Waals surface area contributed by atoms with Crippen molar-refractivity contribution in [3.63, 3.8) is 0 Å². The van der Waals surface area contributed by atoms with Crippen LogP contribution in [0.2, 0.25) is 0 Å². The first-order valence-electron chi connectivity index (χ1n) is 7.63. The molecule has 18 heavy (non-hydrogen) atoms. The zero-order valence-electron chi connectivity index (χ0n) is 12.2. The third-order valence-electron chi connectivity index (χ3n) is 3.67. The molecule has 2 N–H and O–H groups in total. The van der Waals surface area contributed by atoms with Gasteiger partial charge in [0.1, 0.15) is 0 Å². The average molecular weight is 247 g/mol. The van der Waals surface area contributed by atoms with Crippen LogP contribution in [0.1, 0.15) is 69.1 Å². The summed E-state index contributed by atoms with van der Waals surface area (Å²) >= 11 is 0. The van der Waals surface area contributed by atoms with Crippen molar-refractivity contribution in [2.75, 3.05) is 0 Å². The molecule has 0 amide bonds. The van der Waals surface area contributed by atoms with Crippen LogP contribution >= 0.6 is 0 Å². The molecule has 1 aromatic rings. The molecule has 0 aliphatic carbocycles. The standard InChI is InChI=1S/C17H29N/c1-3-5-7-10-15-12-9-13-16(17(15)14-18)11-8-6-4-2/h9,12-13H,3-8,10-11,14,18H2,1-2H3. The summed E-state index contributed by atoms with van der Waals surface area (Å²) in [5.41, 5.74) is 10.4. The second-order valence-electron chi connectivity index (χ2n) is 5.17. The van der Waals surface area contributed by atoms with Gasteiger partial charge in [0, 0.05) is 6.54 Å². The Morgan fingerprint density at radius 2 is 1.33 bits per heavy atom. The predicted octanol–water partition coefficient (Wildman–Crippen LogP) is 4.61. The van der Waals surface area contributed by atoms with Gasteiger partial charge in [-0.2, -0.15) is 0 Å². The molecule has 0 saturated carbocycles. The molecular formula is C17H29N. The van der Waals surface area contributed by atoms with Crippen LogP contribution in [0.4, 0.5) is 0 Å². The molecule has 1 nitrogen and oxygen atoms in total. The van der Waals surface area contributed by atoms with E-state index in [0.29, 0.717) is 6.54 Å². The molecule has 1 aromatic carbocycles. The summed E-state index contributed by atoms with van der Waals surface area (Å²) in [7, 11) is 0. The minimum atomic E-state index is 0.698. The molecule has 1 rings (SSSR count). The Balaban J connectivity index is 2.68. The van der Waals surface area contributed by atoms with E-state index in [-0.39, 0.29) is 0 Å². The van der Waals surface area contributed by atoms with Gasteiger partial charge < -0.3 is 5.73 Å². The largest absolute Gasteiger partial charge is 0.326 e. The van der Waals surface area contributed by atoms with Gasteiger partial charge >= 0.3 is 0 Å². The Hall–Kier alpha value is -0.820. The van der Waals surface area contributed by atoms with E-state index in [9.17, 15) is 0 Å². The van der Waals surface area contributed by atoms with Crippen LogP contribution < -0.4 is 5.73 Å². The predicted molar refractivity (Wildman–Crippen MR) is 80.8 cm³/mol. The zero-order chi connectivity index (χ0) is 13.2. The molecular weight excluding hydrogens is 218 g/mol. The highest BCUT2D eigenvalue weighted by Gasteiger charge is 2.06. The van der Waals surface area contributed by atoms with E-state index in [4.69, 9.17) is 5.73 Å². The average Bonchev–Trinajstić information content (AvgIpc) is 2.39. The van der Waals surface area contributed by atoms with E-state index < -0.39 is 0 Å². The third kappa shape index (κ3) is 4.81. The van der Waals surface area contributed by atoms with Gasteiger partial charge in [0.2, 0.25) is 0 Å². The second-order valence-corrected chi connectivity index (χ2v) is 5.17. The summed E-state index contributed by atoms with van der Waals surface area (Å²) in [6.45, 7) is 5.21. The summed E-state index contributed by atoms with van der Waals surface area (Å²) in [5.74, 6) is 0. The van der Waals surface area contributed by atoms with Crippen molar-refractivity contribution >= 4 is 0 Å². The smallest absolute Gasteiger partial charge is 0.0183 e. The monoisotopic (exact) mass is 247 g/mol. The molecule has 0 fully saturated rings. The minimum absolute atomic E-state index is 0.698. The van der Waals surface area contributed by atoms with Gasteiger partial charge in [-0.1, -0.05) is 57.7 Å². The van der Waals surface area contributed by atoms with Gasteiger partial charge in [0.25, 0.3) is 0 Å². The Labute approximate surface area is 113 Å². The molecule has 0 aliphatic rings. The van der Waals surface area contributed by atoms with Crippen molar-refractivity contribution in [2.45, 2.75) is 71.8 Å². The molecule has 0 bridgehead atoms. The van der Waals surface area contributed by atoms with Crippen molar-refractivity contribution in [3.05, 3.63) is 34.9 Å². The number of unbranched alkanes of at least 4 members (excludes halogenated alkanes) is 4.